The van der Waals surface area contributed by atoms with Gasteiger partial charge < -0.3 is 18.9 Å². The van der Waals surface area contributed by atoms with Crippen molar-refractivity contribution in [1.82, 2.24) is 0 Å². The van der Waals surface area contributed by atoms with E-state index in [2.05, 4.69) is 20.1 Å². The number of fused-ring (bicyclic) bond motifs is 2. The lowest BCUT2D eigenvalue weighted by molar-refractivity contribution is 0.109. The van der Waals surface area contributed by atoms with Crippen molar-refractivity contribution in [2.24, 2.45) is 0 Å². The van der Waals surface area contributed by atoms with E-state index in [-0.39, 0.29) is 13.2 Å². The summed E-state index contributed by atoms with van der Waals surface area (Å²) in [5.74, 6) is 0.706. The van der Waals surface area contributed by atoms with Crippen LogP contribution in [0.5, 0.6) is 11.5 Å². The van der Waals surface area contributed by atoms with Gasteiger partial charge in [0, 0.05) is 21.5 Å². The van der Waals surface area contributed by atoms with Gasteiger partial charge in [0.05, 0.1) is 0 Å². The second-order valence-corrected chi connectivity index (χ2v) is 6.94. The number of rotatable bonds is 8. The van der Waals surface area contributed by atoms with Crippen molar-refractivity contribution >= 4 is 33.9 Å². The topological polar surface area (TPSA) is 71.1 Å². The van der Waals surface area contributed by atoms with Crippen molar-refractivity contribution < 1.29 is 28.5 Å². The zero-order valence-corrected chi connectivity index (χ0v) is 18.3. The molecule has 0 saturated carbocycles. The maximum atomic E-state index is 12.4. The molecular formula is C26H26O6. The Morgan fingerprint density at radius 2 is 1.34 bits per heavy atom. The molecule has 3 aromatic rings. The molecule has 0 aliphatic carbocycles. The number of hydrogen-bond donors (Lipinski definition) is 0. The SMILES string of the molecule is C=CCOC(=O)Oc1c2ccccc2c(OC(=O)OCC=C)c2c(CC)c(CC)ccc12. The molecule has 0 spiro atoms. The average molecular weight is 434 g/mol. The Morgan fingerprint density at radius 3 is 1.88 bits per heavy atom. The minimum Gasteiger partial charge on any atom is -0.430 e. The second-order valence-electron chi connectivity index (χ2n) is 6.94. The van der Waals surface area contributed by atoms with Gasteiger partial charge in [-0.1, -0.05) is 75.6 Å². The highest BCUT2D eigenvalue weighted by Crippen LogP contribution is 2.45. The van der Waals surface area contributed by atoms with E-state index in [4.69, 9.17) is 18.9 Å². The number of aryl methyl sites for hydroxylation is 2. The van der Waals surface area contributed by atoms with Crippen molar-refractivity contribution in [3.63, 3.8) is 0 Å². The first-order valence-electron chi connectivity index (χ1n) is 10.5. The summed E-state index contributed by atoms with van der Waals surface area (Å²) in [6, 6.07) is 11.1. The normalized spacial score (nSPS) is 10.6. The predicted molar refractivity (Wildman–Crippen MR) is 125 cm³/mol. The van der Waals surface area contributed by atoms with Crippen LogP contribution in [0.2, 0.25) is 0 Å². The first kappa shape index (κ1) is 22.9. The van der Waals surface area contributed by atoms with Gasteiger partial charge in [0.25, 0.3) is 0 Å². The summed E-state index contributed by atoms with van der Waals surface area (Å²) in [4.78, 5) is 24.7. The highest BCUT2D eigenvalue weighted by Gasteiger charge is 2.23. The van der Waals surface area contributed by atoms with Crippen molar-refractivity contribution in [3.8, 4) is 11.5 Å². The van der Waals surface area contributed by atoms with Gasteiger partial charge in [-0.05, 0) is 24.0 Å². The molecule has 0 aliphatic heterocycles. The Morgan fingerprint density at radius 1 is 0.781 bits per heavy atom. The van der Waals surface area contributed by atoms with Crippen molar-refractivity contribution in [3.05, 3.63) is 72.8 Å². The molecule has 0 heterocycles. The van der Waals surface area contributed by atoms with Gasteiger partial charge >= 0.3 is 12.3 Å². The zero-order valence-electron chi connectivity index (χ0n) is 18.3. The molecule has 3 aromatic carbocycles. The minimum absolute atomic E-state index is 0.0330. The van der Waals surface area contributed by atoms with Gasteiger partial charge in [0.2, 0.25) is 0 Å². The summed E-state index contributed by atoms with van der Waals surface area (Å²) >= 11 is 0. The summed E-state index contributed by atoms with van der Waals surface area (Å²) in [6.07, 6.45) is 2.75. The molecule has 0 saturated heterocycles. The third-order valence-electron chi connectivity index (χ3n) is 5.04. The fourth-order valence-electron chi connectivity index (χ4n) is 3.73. The monoisotopic (exact) mass is 434 g/mol. The van der Waals surface area contributed by atoms with Crippen LogP contribution in [0.4, 0.5) is 9.59 Å². The summed E-state index contributed by atoms with van der Waals surface area (Å²) in [5.41, 5.74) is 2.12. The Labute approximate surface area is 187 Å². The number of benzene rings is 3. The van der Waals surface area contributed by atoms with Crippen LogP contribution in [0.3, 0.4) is 0 Å². The lowest BCUT2D eigenvalue weighted by Crippen LogP contribution is -2.13. The van der Waals surface area contributed by atoms with Crippen LogP contribution >= 0.6 is 0 Å². The molecule has 0 bridgehead atoms. The number of carbonyl (C=O) groups excluding carboxylic acids is 2. The number of carbonyl (C=O) groups is 2. The quantitative estimate of drug-likeness (QED) is 0.174. The van der Waals surface area contributed by atoms with Crippen LogP contribution < -0.4 is 9.47 Å². The molecule has 0 aliphatic rings. The first-order chi connectivity index (χ1) is 15.5. The molecule has 32 heavy (non-hydrogen) atoms. The van der Waals surface area contributed by atoms with E-state index in [9.17, 15) is 9.59 Å². The van der Waals surface area contributed by atoms with E-state index < -0.39 is 12.3 Å². The van der Waals surface area contributed by atoms with Crippen LogP contribution in [0, 0.1) is 0 Å². The standard InChI is InChI=1S/C26H26O6/c1-5-15-29-25(27)31-23-19-11-9-10-12-20(19)24(32-26(28)30-16-6-2)22-18(8-4)17(7-3)13-14-21(22)23/h5-6,9-14H,1-2,7-8,15-16H2,3-4H3. The molecule has 0 radical (unpaired) electrons. The van der Waals surface area contributed by atoms with Crippen molar-refractivity contribution in [1.29, 1.82) is 0 Å². The molecular weight excluding hydrogens is 408 g/mol. The van der Waals surface area contributed by atoms with E-state index >= 15 is 0 Å². The van der Waals surface area contributed by atoms with Gasteiger partial charge in [-0.2, -0.15) is 0 Å². The lowest BCUT2D eigenvalue weighted by atomic mass is 9.91. The van der Waals surface area contributed by atoms with Crippen molar-refractivity contribution in [2.45, 2.75) is 26.7 Å². The van der Waals surface area contributed by atoms with Crippen LogP contribution in [-0.4, -0.2) is 25.5 Å². The smallest absolute Gasteiger partial charge is 0.430 e. The van der Waals surface area contributed by atoms with Crippen LogP contribution in [-0.2, 0) is 22.3 Å². The molecule has 0 unspecified atom stereocenters. The summed E-state index contributed by atoms with van der Waals surface area (Å²) < 4.78 is 21.5. The maximum Gasteiger partial charge on any atom is 0.514 e. The van der Waals surface area contributed by atoms with E-state index in [1.807, 2.05) is 37.3 Å². The molecule has 3 rings (SSSR count). The lowest BCUT2D eigenvalue weighted by Gasteiger charge is -2.19. The first-order valence-corrected chi connectivity index (χ1v) is 10.5. The molecule has 0 fully saturated rings. The average Bonchev–Trinajstić information content (AvgIpc) is 2.82. The molecule has 0 amide bonds. The third kappa shape index (κ3) is 4.59. The second kappa shape index (κ2) is 10.5. The van der Waals surface area contributed by atoms with Gasteiger partial charge in [-0.3, -0.25) is 0 Å². The van der Waals surface area contributed by atoms with Gasteiger partial charge in [0.15, 0.2) is 5.75 Å². The van der Waals surface area contributed by atoms with E-state index in [1.165, 1.54) is 12.2 Å². The minimum atomic E-state index is -0.840. The summed E-state index contributed by atoms with van der Waals surface area (Å²) in [5, 5.41) is 2.56. The Kier molecular flexibility index (Phi) is 7.49. The van der Waals surface area contributed by atoms with Crippen LogP contribution in [0.1, 0.15) is 25.0 Å². The van der Waals surface area contributed by atoms with Crippen molar-refractivity contribution in [2.75, 3.05) is 13.2 Å². The third-order valence-corrected chi connectivity index (χ3v) is 5.04. The molecule has 0 aromatic heterocycles. The summed E-state index contributed by atoms with van der Waals surface area (Å²) in [6.45, 7) is 11.2. The van der Waals surface area contributed by atoms with Gasteiger partial charge in [-0.15, -0.1) is 0 Å². The summed E-state index contributed by atoms with van der Waals surface area (Å²) in [7, 11) is 0. The highest BCUT2D eigenvalue weighted by molar-refractivity contribution is 6.13. The maximum absolute atomic E-state index is 12.4. The fourth-order valence-corrected chi connectivity index (χ4v) is 3.73. The Balaban J connectivity index is 2.33. The van der Waals surface area contributed by atoms with Gasteiger partial charge in [-0.25, -0.2) is 9.59 Å². The highest BCUT2D eigenvalue weighted by atomic mass is 16.7. The molecule has 166 valence electrons. The van der Waals surface area contributed by atoms with Gasteiger partial charge in [0.1, 0.15) is 19.0 Å². The van der Waals surface area contributed by atoms with Crippen LogP contribution in [0.25, 0.3) is 21.5 Å². The Hall–Kier alpha value is -3.80. The van der Waals surface area contributed by atoms with E-state index in [0.29, 0.717) is 39.5 Å². The van der Waals surface area contributed by atoms with E-state index in [0.717, 1.165) is 17.5 Å². The molecule has 0 N–H and O–H groups in total. The fraction of sp³-hybridized carbons (Fsp3) is 0.231. The molecule has 6 nitrogen and oxygen atoms in total. The zero-order chi connectivity index (χ0) is 23.1. The number of ether oxygens (including phenoxy) is 4. The molecule has 6 heteroatoms. The number of hydrogen-bond acceptors (Lipinski definition) is 6. The van der Waals surface area contributed by atoms with Crippen LogP contribution in [0.15, 0.2) is 61.7 Å². The largest absolute Gasteiger partial charge is 0.514 e. The Bertz CT molecular complexity index is 1180. The molecule has 0 atom stereocenters. The predicted octanol–water partition coefficient (Wildman–Crippen LogP) is 6.52. The van der Waals surface area contributed by atoms with E-state index in [1.54, 1.807) is 6.07 Å².